The predicted molar refractivity (Wildman–Crippen MR) is 85.9 cm³/mol. The lowest BCUT2D eigenvalue weighted by atomic mass is 10.0. The van der Waals surface area contributed by atoms with Crippen LogP contribution in [0.1, 0.15) is 52.4 Å². The summed E-state index contributed by atoms with van der Waals surface area (Å²) in [6.45, 7) is 7.25. The SMILES string of the molecule is CCNc1nc(NC2(C)CCCC2)nc(N2CCCC2)n1. The van der Waals surface area contributed by atoms with Gasteiger partial charge in [0.1, 0.15) is 0 Å². The molecule has 2 heterocycles. The molecule has 1 aliphatic carbocycles. The summed E-state index contributed by atoms with van der Waals surface area (Å²) in [6.07, 6.45) is 7.40. The van der Waals surface area contributed by atoms with Gasteiger partial charge in [-0.25, -0.2) is 0 Å². The van der Waals surface area contributed by atoms with Gasteiger partial charge in [0, 0.05) is 25.2 Å². The first kappa shape index (κ1) is 14.4. The number of nitrogens with one attached hydrogen (secondary N) is 2. The molecule has 116 valence electrons. The van der Waals surface area contributed by atoms with Crippen LogP contribution in [0.4, 0.5) is 17.8 Å². The quantitative estimate of drug-likeness (QED) is 0.869. The molecule has 6 nitrogen and oxygen atoms in total. The Labute approximate surface area is 126 Å². The number of nitrogens with zero attached hydrogens (tertiary/aromatic N) is 4. The van der Waals surface area contributed by atoms with Gasteiger partial charge in [0.15, 0.2) is 0 Å². The molecule has 0 bridgehead atoms. The second-order valence-electron chi connectivity index (χ2n) is 6.40. The van der Waals surface area contributed by atoms with Crippen molar-refractivity contribution < 1.29 is 0 Å². The van der Waals surface area contributed by atoms with Crippen LogP contribution in [-0.4, -0.2) is 40.1 Å². The highest BCUT2D eigenvalue weighted by Crippen LogP contribution is 2.32. The third-order valence-corrected chi connectivity index (χ3v) is 4.47. The first-order valence-corrected chi connectivity index (χ1v) is 8.22. The number of rotatable bonds is 5. The minimum Gasteiger partial charge on any atom is -0.354 e. The van der Waals surface area contributed by atoms with Gasteiger partial charge in [0.25, 0.3) is 0 Å². The molecule has 2 aliphatic rings. The summed E-state index contributed by atoms with van der Waals surface area (Å²) in [5.41, 5.74) is 0.132. The molecule has 1 saturated carbocycles. The summed E-state index contributed by atoms with van der Waals surface area (Å²) in [5.74, 6) is 2.20. The standard InChI is InChI=1S/C15H26N6/c1-3-16-12-17-13(20-15(2)8-4-5-9-15)19-14(18-12)21-10-6-7-11-21/h3-11H2,1-2H3,(H2,16,17,18,19,20). The molecule has 0 aromatic carbocycles. The van der Waals surface area contributed by atoms with Crippen LogP contribution in [0.25, 0.3) is 0 Å². The summed E-state index contributed by atoms with van der Waals surface area (Å²) in [7, 11) is 0. The maximum Gasteiger partial charge on any atom is 0.231 e. The van der Waals surface area contributed by atoms with Gasteiger partial charge < -0.3 is 15.5 Å². The second kappa shape index (κ2) is 6.03. The van der Waals surface area contributed by atoms with Crippen LogP contribution in [-0.2, 0) is 0 Å². The van der Waals surface area contributed by atoms with Gasteiger partial charge in [0.2, 0.25) is 17.8 Å². The van der Waals surface area contributed by atoms with Crippen molar-refractivity contribution in [3.05, 3.63) is 0 Å². The van der Waals surface area contributed by atoms with Crippen molar-refractivity contribution in [2.75, 3.05) is 35.2 Å². The highest BCUT2D eigenvalue weighted by atomic mass is 15.3. The molecule has 1 aromatic heterocycles. The fourth-order valence-corrected chi connectivity index (χ4v) is 3.27. The first-order valence-electron chi connectivity index (χ1n) is 8.22. The summed E-state index contributed by atoms with van der Waals surface area (Å²) < 4.78 is 0. The molecule has 1 aromatic rings. The minimum absolute atomic E-state index is 0.132. The van der Waals surface area contributed by atoms with E-state index < -0.39 is 0 Å². The number of hydrogen-bond acceptors (Lipinski definition) is 6. The average Bonchev–Trinajstić information content (AvgIpc) is 3.10. The monoisotopic (exact) mass is 290 g/mol. The Kier molecular flexibility index (Phi) is 4.12. The zero-order valence-electron chi connectivity index (χ0n) is 13.2. The maximum absolute atomic E-state index is 4.66. The van der Waals surface area contributed by atoms with Gasteiger partial charge in [-0.15, -0.1) is 0 Å². The van der Waals surface area contributed by atoms with Crippen LogP contribution in [0.2, 0.25) is 0 Å². The molecule has 0 amide bonds. The van der Waals surface area contributed by atoms with E-state index in [4.69, 9.17) is 0 Å². The Morgan fingerprint density at radius 3 is 2.33 bits per heavy atom. The zero-order chi connectivity index (χ0) is 14.7. The molecule has 0 atom stereocenters. The van der Waals surface area contributed by atoms with E-state index >= 15 is 0 Å². The summed E-state index contributed by atoms with van der Waals surface area (Å²) in [4.78, 5) is 16.0. The number of aromatic nitrogens is 3. The molecule has 2 N–H and O–H groups in total. The van der Waals surface area contributed by atoms with Crippen molar-refractivity contribution in [2.45, 2.75) is 57.9 Å². The molecule has 21 heavy (non-hydrogen) atoms. The van der Waals surface area contributed by atoms with Crippen molar-refractivity contribution in [1.82, 2.24) is 15.0 Å². The average molecular weight is 290 g/mol. The van der Waals surface area contributed by atoms with Gasteiger partial charge >= 0.3 is 0 Å². The molecule has 0 spiro atoms. The topological polar surface area (TPSA) is 66.0 Å². The number of anilines is 3. The highest BCUT2D eigenvalue weighted by molar-refractivity contribution is 5.45. The van der Waals surface area contributed by atoms with Crippen LogP contribution in [0.15, 0.2) is 0 Å². The van der Waals surface area contributed by atoms with E-state index in [1.165, 1.54) is 38.5 Å². The number of hydrogen-bond donors (Lipinski definition) is 2. The Morgan fingerprint density at radius 1 is 1.00 bits per heavy atom. The Balaban J connectivity index is 1.83. The molecule has 0 unspecified atom stereocenters. The molecule has 0 radical (unpaired) electrons. The van der Waals surface area contributed by atoms with Gasteiger partial charge in [-0.2, -0.15) is 15.0 Å². The molecule has 2 fully saturated rings. The molecular formula is C15H26N6. The van der Waals surface area contributed by atoms with Gasteiger partial charge in [-0.1, -0.05) is 12.8 Å². The van der Waals surface area contributed by atoms with E-state index in [2.05, 4.69) is 44.3 Å². The zero-order valence-corrected chi connectivity index (χ0v) is 13.2. The molecule has 1 aliphatic heterocycles. The second-order valence-corrected chi connectivity index (χ2v) is 6.40. The third kappa shape index (κ3) is 3.36. The lowest BCUT2D eigenvalue weighted by molar-refractivity contribution is 0.528. The first-order chi connectivity index (χ1) is 10.2. The Morgan fingerprint density at radius 2 is 1.67 bits per heavy atom. The molecule has 3 rings (SSSR count). The minimum atomic E-state index is 0.132. The van der Waals surface area contributed by atoms with Crippen LogP contribution in [0.3, 0.4) is 0 Å². The van der Waals surface area contributed by atoms with Crippen molar-refractivity contribution >= 4 is 17.8 Å². The van der Waals surface area contributed by atoms with Crippen molar-refractivity contribution in [3.8, 4) is 0 Å². The Hall–Kier alpha value is -1.59. The van der Waals surface area contributed by atoms with Crippen molar-refractivity contribution in [1.29, 1.82) is 0 Å². The lowest BCUT2D eigenvalue weighted by Gasteiger charge is -2.26. The highest BCUT2D eigenvalue weighted by Gasteiger charge is 2.29. The molecule has 1 saturated heterocycles. The predicted octanol–water partition coefficient (Wildman–Crippen LogP) is 2.65. The fourth-order valence-electron chi connectivity index (χ4n) is 3.27. The largest absolute Gasteiger partial charge is 0.354 e. The maximum atomic E-state index is 4.66. The van der Waals surface area contributed by atoms with Crippen LogP contribution >= 0.6 is 0 Å². The van der Waals surface area contributed by atoms with Crippen LogP contribution in [0.5, 0.6) is 0 Å². The van der Waals surface area contributed by atoms with Gasteiger partial charge in [0.05, 0.1) is 0 Å². The van der Waals surface area contributed by atoms with Gasteiger partial charge in [-0.05, 0) is 39.5 Å². The summed E-state index contributed by atoms with van der Waals surface area (Å²) in [6, 6.07) is 0. The normalized spacial score (nSPS) is 20.8. The smallest absolute Gasteiger partial charge is 0.231 e. The Bertz CT molecular complexity index is 477. The van der Waals surface area contributed by atoms with E-state index in [-0.39, 0.29) is 5.54 Å². The van der Waals surface area contributed by atoms with E-state index in [1.807, 2.05) is 0 Å². The van der Waals surface area contributed by atoms with E-state index in [0.717, 1.165) is 25.6 Å². The third-order valence-electron chi connectivity index (χ3n) is 4.47. The van der Waals surface area contributed by atoms with Crippen LogP contribution in [0, 0.1) is 0 Å². The molecular weight excluding hydrogens is 264 g/mol. The summed E-state index contributed by atoms with van der Waals surface area (Å²) >= 11 is 0. The van der Waals surface area contributed by atoms with Gasteiger partial charge in [-0.3, -0.25) is 0 Å². The summed E-state index contributed by atoms with van der Waals surface area (Å²) in [5, 5.41) is 6.77. The van der Waals surface area contributed by atoms with Crippen molar-refractivity contribution in [2.24, 2.45) is 0 Å². The van der Waals surface area contributed by atoms with Crippen molar-refractivity contribution in [3.63, 3.8) is 0 Å². The fraction of sp³-hybridized carbons (Fsp3) is 0.800. The van der Waals surface area contributed by atoms with Crippen LogP contribution < -0.4 is 15.5 Å². The van der Waals surface area contributed by atoms with E-state index in [1.54, 1.807) is 0 Å². The lowest BCUT2D eigenvalue weighted by Crippen LogP contribution is -2.32. The van der Waals surface area contributed by atoms with E-state index in [0.29, 0.717) is 11.9 Å². The van der Waals surface area contributed by atoms with E-state index in [9.17, 15) is 0 Å². The molecule has 6 heteroatoms.